The molecule has 1 saturated heterocycles. The predicted octanol–water partition coefficient (Wildman–Crippen LogP) is 3.72. The maximum absolute atomic E-state index is 13.2. The van der Waals surface area contributed by atoms with Gasteiger partial charge in [0, 0.05) is 30.6 Å². The molecule has 3 aromatic rings. The molecule has 1 amide bonds. The largest absolute Gasteiger partial charge is 0.486 e. The number of rotatable bonds is 6. The van der Waals surface area contributed by atoms with E-state index in [1.165, 1.54) is 0 Å². The van der Waals surface area contributed by atoms with Gasteiger partial charge in [0.15, 0.2) is 5.82 Å². The van der Waals surface area contributed by atoms with E-state index in [1.54, 1.807) is 30.2 Å². The van der Waals surface area contributed by atoms with Gasteiger partial charge in [0.05, 0.1) is 41.8 Å². The van der Waals surface area contributed by atoms with Gasteiger partial charge in [0.1, 0.15) is 12.4 Å². The summed E-state index contributed by atoms with van der Waals surface area (Å²) >= 11 is 0. The van der Waals surface area contributed by atoms with Gasteiger partial charge in [-0.15, -0.1) is 0 Å². The molecule has 0 aromatic carbocycles. The number of amides is 1. The number of ether oxygens (including phenoxy) is 2. The van der Waals surface area contributed by atoms with Crippen LogP contribution in [-0.4, -0.2) is 51.9 Å². The Kier molecular flexibility index (Phi) is 5.53. The van der Waals surface area contributed by atoms with E-state index in [2.05, 4.69) is 10.1 Å². The minimum atomic E-state index is -2.57. The van der Waals surface area contributed by atoms with Crippen LogP contribution in [0.1, 0.15) is 39.8 Å². The molecular formula is C23H23F2N5O3. The second-order valence-electron chi connectivity index (χ2n) is 8.22. The first-order valence-corrected chi connectivity index (χ1v) is 10.7. The molecule has 0 saturated carbocycles. The highest BCUT2D eigenvalue weighted by Crippen LogP contribution is 2.33. The number of pyridine rings is 2. The normalized spacial score (nSPS) is 17.8. The highest BCUT2D eigenvalue weighted by Gasteiger charge is 2.33. The Morgan fingerprint density at radius 3 is 2.91 bits per heavy atom. The zero-order valence-corrected chi connectivity index (χ0v) is 18.3. The Hall–Kier alpha value is -3.40. The molecule has 2 aliphatic heterocycles. The molecule has 0 bridgehead atoms. The zero-order valence-electron chi connectivity index (χ0n) is 18.3. The van der Waals surface area contributed by atoms with E-state index in [0.717, 1.165) is 12.0 Å². The maximum Gasteiger partial charge on any atom is 0.272 e. The van der Waals surface area contributed by atoms with Crippen LogP contribution in [-0.2, 0) is 11.3 Å². The van der Waals surface area contributed by atoms with Crippen LogP contribution in [0.25, 0.3) is 11.3 Å². The Morgan fingerprint density at radius 1 is 1.30 bits per heavy atom. The molecule has 33 heavy (non-hydrogen) atoms. The number of alkyl halides is 2. The number of hydrogen-bond donors (Lipinski definition) is 0. The van der Waals surface area contributed by atoms with Gasteiger partial charge in [0.2, 0.25) is 0 Å². The van der Waals surface area contributed by atoms with Crippen molar-refractivity contribution in [1.29, 1.82) is 0 Å². The molecule has 5 rings (SSSR count). The number of halogens is 2. The van der Waals surface area contributed by atoms with Gasteiger partial charge in [-0.25, -0.2) is 8.78 Å². The number of hydrogen-bond acceptors (Lipinski definition) is 6. The van der Waals surface area contributed by atoms with Gasteiger partial charge in [-0.3, -0.25) is 24.3 Å². The van der Waals surface area contributed by atoms with Gasteiger partial charge in [-0.1, -0.05) is 0 Å². The van der Waals surface area contributed by atoms with Crippen LogP contribution in [0.3, 0.4) is 0 Å². The van der Waals surface area contributed by atoms with Gasteiger partial charge < -0.3 is 9.47 Å². The van der Waals surface area contributed by atoms with Crippen LogP contribution in [0.2, 0.25) is 0 Å². The summed E-state index contributed by atoms with van der Waals surface area (Å²) in [6.45, 7) is 4.48. The summed E-state index contributed by atoms with van der Waals surface area (Å²) in [5.41, 5.74) is 3.73. The Bertz CT molecular complexity index is 1210. The van der Waals surface area contributed by atoms with Crippen molar-refractivity contribution in [3.63, 3.8) is 0 Å². The highest BCUT2D eigenvalue weighted by atomic mass is 19.3. The second kappa shape index (κ2) is 8.51. The maximum atomic E-state index is 13.2. The average molecular weight is 455 g/mol. The first-order chi connectivity index (χ1) is 15.9. The van der Waals surface area contributed by atoms with Gasteiger partial charge in [-0.2, -0.15) is 5.10 Å². The standard InChI is InChI=1S/C23H23F2N5O3/c1-13-7-17(15-8-19(14(2)26-9-15)33-12-20(24)25)27-18-10-29(23(31)22(13)18)21-3-5-30(28-21)16-4-6-32-11-16/h3,5,7-9,16,20H,4,6,10-12H2,1-2H3. The van der Waals surface area contributed by atoms with E-state index < -0.39 is 13.0 Å². The fraction of sp³-hybridized carbons (Fsp3) is 0.391. The lowest BCUT2D eigenvalue weighted by Crippen LogP contribution is -2.24. The van der Waals surface area contributed by atoms with Crippen molar-refractivity contribution in [3.05, 3.63) is 53.1 Å². The molecule has 1 atom stereocenters. The minimum absolute atomic E-state index is 0.141. The van der Waals surface area contributed by atoms with Crippen molar-refractivity contribution in [1.82, 2.24) is 19.7 Å². The Labute approximate surface area is 189 Å². The van der Waals surface area contributed by atoms with Crippen molar-refractivity contribution in [2.24, 2.45) is 0 Å². The summed E-state index contributed by atoms with van der Waals surface area (Å²) in [6.07, 6.45) is 1.82. The molecule has 3 aromatic heterocycles. The lowest BCUT2D eigenvalue weighted by atomic mass is 10.0. The summed E-state index contributed by atoms with van der Waals surface area (Å²) in [6, 6.07) is 5.46. The molecule has 10 heteroatoms. The number of nitrogens with zero attached hydrogens (tertiary/aromatic N) is 5. The molecule has 0 N–H and O–H groups in total. The molecule has 8 nitrogen and oxygen atoms in total. The van der Waals surface area contributed by atoms with Crippen molar-refractivity contribution in [3.8, 4) is 17.0 Å². The average Bonchev–Trinajstić information content (AvgIpc) is 3.53. The highest BCUT2D eigenvalue weighted by molar-refractivity contribution is 6.10. The predicted molar refractivity (Wildman–Crippen MR) is 116 cm³/mol. The number of fused-ring (bicyclic) bond motifs is 1. The van der Waals surface area contributed by atoms with E-state index in [-0.39, 0.29) is 17.7 Å². The monoisotopic (exact) mass is 455 g/mol. The summed E-state index contributed by atoms with van der Waals surface area (Å²) < 4.78 is 37.6. The zero-order chi connectivity index (χ0) is 23.1. The second-order valence-corrected chi connectivity index (χ2v) is 8.22. The van der Waals surface area contributed by atoms with Gasteiger partial charge in [-0.05, 0) is 38.0 Å². The van der Waals surface area contributed by atoms with Crippen LogP contribution in [0.15, 0.2) is 30.6 Å². The third kappa shape index (κ3) is 4.06. The third-order valence-corrected chi connectivity index (χ3v) is 5.91. The summed E-state index contributed by atoms with van der Waals surface area (Å²) in [5, 5.41) is 4.60. The minimum Gasteiger partial charge on any atom is -0.486 e. The smallest absolute Gasteiger partial charge is 0.272 e. The third-order valence-electron chi connectivity index (χ3n) is 5.91. The van der Waals surface area contributed by atoms with Crippen molar-refractivity contribution < 1.29 is 23.0 Å². The van der Waals surface area contributed by atoms with Gasteiger partial charge >= 0.3 is 0 Å². The molecule has 0 spiro atoms. The number of anilines is 1. The number of carbonyl (C=O) groups excluding carboxylic acids is 1. The number of carbonyl (C=O) groups is 1. The topological polar surface area (TPSA) is 82.4 Å². The van der Waals surface area contributed by atoms with Crippen LogP contribution < -0.4 is 9.64 Å². The van der Waals surface area contributed by atoms with Crippen molar-refractivity contribution in [2.45, 2.75) is 39.3 Å². The van der Waals surface area contributed by atoms with Crippen LogP contribution in [0, 0.1) is 13.8 Å². The lowest BCUT2D eigenvalue weighted by molar-refractivity contribution is 0.0814. The van der Waals surface area contributed by atoms with E-state index in [0.29, 0.717) is 53.8 Å². The van der Waals surface area contributed by atoms with Crippen molar-refractivity contribution in [2.75, 3.05) is 24.7 Å². The molecule has 1 unspecified atom stereocenters. The molecule has 2 aliphatic rings. The summed E-state index contributed by atoms with van der Waals surface area (Å²) in [7, 11) is 0. The molecule has 1 fully saturated rings. The van der Waals surface area contributed by atoms with Crippen LogP contribution in [0.4, 0.5) is 14.6 Å². The van der Waals surface area contributed by atoms with Crippen LogP contribution >= 0.6 is 0 Å². The quantitative estimate of drug-likeness (QED) is 0.564. The van der Waals surface area contributed by atoms with E-state index in [1.807, 2.05) is 23.9 Å². The summed E-state index contributed by atoms with van der Waals surface area (Å²) in [4.78, 5) is 23.7. The Balaban J connectivity index is 1.42. The van der Waals surface area contributed by atoms with E-state index in [4.69, 9.17) is 14.5 Å². The van der Waals surface area contributed by atoms with Crippen LogP contribution in [0.5, 0.6) is 5.75 Å². The van der Waals surface area contributed by atoms with Crippen molar-refractivity contribution >= 4 is 11.7 Å². The molecule has 0 radical (unpaired) electrons. The van der Waals surface area contributed by atoms with E-state index >= 15 is 0 Å². The number of aromatic nitrogens is 4. The van der Waals surface area contributed by atoms with Gasteiger partial charge in [0.25, 0.3) is 12.3 Å². The molecule has 172 valence electrons. The molecule has 5 heterocycles. The first kappa shape index (κ1) is 21.4. The molecule has 0 aliphatic carbocycles. The lowest BCUT2D eigenvalue weighted by Gasteiger charge is -2.12. The van der Waals surface area contributed by atoms with E-state index in [9.17, 15) is 13.6 Å². The Morgan fingerprint density at radius 2 is 2.15 bits per heavy atom. The fourth-order valence-corrected chi connectivity index (χ4v) is 4.19. The fourth-order valence-electron chi connectivity index (χ4n) is 4.19. The summed E-state index contributed by atoms with van der Waals surface area (Å²) in [5.74, 6) is 0.717. The number of aryl methyl sites for hydroxylation is 2. The first-order valence-electron chi connectivity index (χ1n) is 10.7. The molecular weight excluding hydrogens is 432 g/mol. The SMILES string of the molecule is Cc1cc(-c2cnc(C)c(OCC(F)F)c2)nc2c1C(=O)N(c1ccn(C3CCOC3)n1)C2.